The molecule has 0 aromatic rings. The molecule has 1 saturated heterocycles. The van der Waals surface area contributed by atoms with Gasteiger partial charge in [-0.05, 0) is 12.8 Å². The number of hydrogen-bond acceptors (Lipinski definition) is 3. The minimum absolute atomic E-state index is 0.202. The van der Waals surface area contributed by atoms with Gasteiger partial charge in [-0.1, -0.05) is 6.42 Å². The smallest absolute Gasteiger partial charge is 0.230 e. The second-order valence-electron chi connectivity index (χ2n) is 4.48. The van der Waals surface area contributed by atoms with E-state index in [1.807, 2.05) is 4.90 Å². The van der Waals surface area contributed by atoms with Gasteiger partial charge in [-0.15, -0.1) is 0 Å². The van der Waals surface area contributed by atoms with Crippen molar-refractivity contribution in [3.63, 3.8) is 0 Å². The third kappa shape index (κ3) is 1.95. The van der Waals surface area contributed by atoms with Gasteiger partial charge in [0.25, 0.3) is 0 Å². The van der Waals surface area contributed by atoms with E-state index in [1.54, 1.807) is 0 Å². The summed E-state index contributed by atoms with van der Waals surface area (Å²) >= 11 is 0. The van der Waals surface area contributed by atoms with Crippen LogP contribution < -0.4 is 5.73 Å². The molecule has 4 nitrogen and oxygen atoms in total. The summed E-state index contributed by atoms with van der Waals surface area (Å²) in [4.78, 5) is 14.0. The fraction of sp³-hybridized carbons (Fsp3) is 0.900. The average molecular weight is 230 g/mol. The maximum atomic E-state index is 12.2. The van der Waals surface area contributed by atoms with E-state index < -0.39 is 10.8 Å². The van der Waals surface area contributed by atoms with Crippen LogP contribution >= 0.6 is 0 Å². The molecule has 0 aromatic carbocycles. The van der Waals surface area contributed by atoms with E-state index in [-0.39, 0.29) is 11.3 Å². The van der Waals surface area contributed by atoms with Gasteiger partial charge >= 0.3 is 0 Å². The van der Waals surface area contributed by atoms with Gasteiger partial charge in [-0.3, -0.25) is 9.00 Å². The number of hydrogen-bond donors (Lipinski definition) is 1. The maximum Gasteiger partial charge on any atom is 0.230 e. The average Bonchev–Trinajstić information content (AvgIpc) is 2.18. The predicted molar refractivity (Wildman–Crippen MR) is 59.8 cm³/mol. The van der Waals surface area contributed by atoms with E-state index in [4.69, 9.17) is 5.73 Å². The van der Waals surface area contributed by atoms with Gasteiger partial charge in [0.1, 0.15) is 0 Å². The van der Waals surface area contributed by atoms with Gasteiger partial charge in [-0.2, -0.15) is 0 Å². The first-order valence-electron chi connectivity index (χ1n) is 5.52. The first-order chi connectivity index (χ1) is 7.18. The van der Waals surface area contributed by atoms with Crippen molar-refractivity contribution >= 4 is 16.7 Å². The molecule has 0 aromatic heterocycles. The molecule has 0 bridgehead atoms. The Kier molecular flexibility index (Phi) is 3.11. The molecule has 1 amide bonds. The molecule has 0 radical (unpaired) electrons. The summed E-state index contributed by atoms with van der Waals surface area (Å²) in [5.74, 6) is 1.46. The third-order valence-corrected chi connectivity index (χ3v) is 4.90. The van der Waals surface area contributed by atoms with Crippen molar-refractivity contribution < 1.29 is 9.00 Å². The number of nitrogens with two attached hydrogens (primary N) is 1. The highest BCUT2D eigenvalue weighted by Crippen LogP contribution is 2.41. The summed E-state index contributed by atoms with van der Waals surface area (Å²) in [6.45, 7) is 1.76. The van der Waals surface area contributed by atoms with E-state index in [0.29, 0.717) is 31.1 Å². The third-order valence-electron chi connectivity index (χ3n) is 3.62. The van der Waals surface area contributed by atoms with Crippen LogP contribution in [0.15, 0.2) is 0 Å². The molecule has 86 valence electrons. The second kappa shape index (κ2) is 4.22. The topological polar surface area (TPSA) is 63.4 Å². The molecule has 5 heteroatoms. The van der Waals surface area contributed by atoms with Crippen molar-refractivity contribution in [2.75, 3.05) is 31.1 Å². The van der Waals surface area contributed by atoms with E-state index in [2.05, 4.69) is 0 Å². The molecule has 15 heavy (non-hydrogen) atoms. The number of rotatable bonds is 2. The molecule has 0 spiro atoms. The largest absolute Gasteiger partial charge is 0.340 e. The summed E-state index contributed by atoms with van der Waals surface area (Å²) in [5, 5.41) is 0. The van der Waals surface area contributed by atoms with Crippen LogP contribution in [0.4, 0.5) is 0 Å². The molecule has 2 rings (SSSR count). The fourth-order valence-corrected chi connectivity index (χ4v) is 3.34. The van der Waals surface area contributed by atoms with Crippen LogP contribution in [0.5, 0.6) is 0 Å². The SMILES string of the molecule is NCC1(C(=O)N2CCS(=O)CC2)CCC1. The van der Waals surface area contributed by atoms with Gasteiger partial charge < -0.3 is 10.6 Å². The van der Waals surface area contributed by atoms with Crippen LogP contribution in [-0.4, -0.2) is 46.2 Å². The Labute approximate surface area is 92.6 Å². The van der Waals surface area contributed by atoms with Crippen LogP contribution in [0.25, 0.3) is 0 Å². The minimum Gasteiger partial charge on any atom is -0.340 e. The summed E-state index contributed by atoms with van der Waals surface area (Å²) in [7, 11) is -0.715. The summed E-state index contributed by atoms with van der Waals surface area (Å²) < 4.78 is 11.2. The van der Waals surface area contributed by atoms with Crippen LogP contribution in [0, 0.1) is 5.41 Å². The predicted octanol–water partition coefficient (Wildman–Crippen LogP) is -0.294. The molecule has 2 aliphatic rings. The Bertz CT molecular complexity index is 274. The maximum absolute atomic E-state index is 12.2. The Morgan fingerprint density at radius 1 is 1.33 bits per heavy atom. The number of carbonyl (C=O) groups is 1. The molecular weight excluding hydrogens is 212 g/mol. The van der Waals surface area contributed by atoms with Crippen molar-refractivity contribution in [3.8, 4) is 0 Å². The highest BCUT2D eigenvalue weighted by Gasteiger charge is 2.45. The highest BCUT2D eigenvalue weighted by atomic mass is 32.2. The standard InChI is InChI=1S/C10H18N2O2S/c11-8-10(2-1-3-10)9(13)12-4-6-15(14)7-5-12/h1-8,11H2. The van der Waals surface area contributed by atoms with Crippen molar-refractivity contribution in [3.05, 3.63) is 0 Å². The molecule has 1 saturated carbocycles. The first-order valence-corrected chi connectivity index (χ1v) is 7.01. The number of carbonyl (C=O) groups excluding carboxylic acids is 1. The molecule has 0 unspecified atom stereocenters. The van der Waals surface area contributed by atoms with Gasteiger partial charge in [0.15, 0.2) is 0 Å². The second-order valence-corrected chi connectivity index (χ2v) is 6.17. The lowest BCUT2D eigenvalue weighted by atomic mass is 9.68. The molecule has 0 atom stereocenters. The summed E-state index contributed by atoms with van der Waals surface area (Å²) in [5.41, 5.74) is 5.43. The van der Waals surface area contributed by atoms with Crippen LogP contribution in [0.1, 0.15) is 19.3 Å². The zero-order valence-corrected chi connectivity index (χ0v) is 9.72. The van der Waals surface area contributed by atoms with E-state index in [0.717, 1.165) is 19.3 Å². The molecule has 1 aliphatic carbocycles. The van der Waals surface area contributed by atoms with E-state index >= 15 is 0 Å². The van der Waals surface area contributed by atoms with Crippen LogP contribution in [0.3, 0.4) is 0 Å². The van der Waals surface area contributed by atoms with Crippen molar-refractivity contribution in [2.24, 2.45) is 11.1 Å². The van der Waals surface area contributed by atoms with Crippen molar-refractivity contribution in [2.45, 2.75) is 19.3 Å². The van der Waals surface area contributed by atoms with Crippen molar-refractivity contribution in [1.82, 2.24) is 4.90 Å². The monoisotopic (exact) mass is 230 g/mol. The van der Waals surface area contributed by atoms with Crippen LogP contribution in [-0.2, 0) is 15.6 Å². The Hall–Kier alpha value is -0.420. The molecule has 2 N–H and O–H groups in total. The molecule has 1 heterocycles. The van der Waals surface area contributed by atoms with Gasteiger partial charge in [0, 0.05) is 41.9 Å². The van der Waals surface area contributed by atoms with Gasteiger partial charge in [-0.25, -0.2) is 0 Å². The summed E-state index contributed by atoms with van der Waals surface area (Å²) in [6, 6.07) is 0. The molecular formula is C10H18N2O2S. The quantitative estimate of drug-likeness (QED) is 0.709. The van der Waals surface area contributed by atoms with Gasteiger partial charge in [0.05, 0.1) is 5.41 Å². The zero-order valence-electron chi connectivity index (χ0n) is 8.91. The Balaban J connectivity index is 1.98. The number of nitrogens with zero attached hydrogens (tertiary/aromatic N) is 1. The number of amides is 1. The normalized spacial score (nSPS) is 26.1. The van der Waals surface area contributed by atoms with Gasteiger partial charge in [0.2, 0.25) is 5.91 Å². The summed E-state index contributed by atoms with van der Waals surface area (Å²) in [6.07, 6.45) is 2.98. The lowest BCUT2D eigenvalue weighted by Gasteiger charge is -2.43. The lowest BCUT2D eigenvalue weighted by molar-refractivity contribution is -0.146. The fourth-order valence-electron chi connectivity index (χ4n) is 2.29. The first kappa shape index (κ1) is 11.1. The molecule has 2 fully saturated rings. The molecule has 1 aliphatic heterocycles. The Morgan fingerprint density at radius 2 is 1.93 bits per heavy atom. The highest BCUT2D eigenvalue weighted by molar-refractivity contribution is 7.85. The Morgan fingerprint density at radius 3 is 2.33 bits per heavy atom. The zero-order chi connectivity index (χ0) is 10.9. The van der Waals surface area contributed by atoms with Crippen molar-refractivity contribution in [1.29, 1.82) is 0 Å². The lowest BCUT2D eigenvalue weighted by Crippen LogP contribution is -2.54. The van der Waals surface area contributed by atoms with Crippen LogP contribution in [0.2, 0.25) is 0 Å². The van der Waals surface area contributed by atoms with E-state index in [1.165, 1.54) is 0 Å². The van der Waals surface area contributed by atoms with E-state index in [9.17, 15) is 9.00 Å². The minimum atomic E-state index is -0.715.